The minimum atomic E-state index is -0.487. The summed E-state index contributed by atoms with van der Waals surface area (Å²) in [4.78, 5) is 28.6. The summed E-state index contributed by atoms with van der Waals surface area (Å²) in [6.45, 7) is 11.0. The fourth-order valence-electron chi connectivity index (χ4n) is 4.26. The first-order valence-electron chi connectivity index (χ1n) is 10.4. The molecule has 4 rings (SSSR count). The molecule has 3 heterocycles. The molecule has 1 aromatic rings. The number of carbonyl (C=O) groups excluding carboxylic acids is 2. The molecule has 3 atom stereocenters. The quantitative estimate of drug-likeness (QED) is 0.673. The van der Waals surface area contributed by atoms with Crippen molar-refractivity contribution in [1.82, 2.24) is 9.80 Å². The lowest BCUT2D eigenvalue weighted by molar-refractivity contribution is -0.0906. The Morgan fingerprint density at radius 3 is 2.76 bits per heavy atom. The second kappa shape index (κ2) is 7.61. The Hall–Kier alpha value is -2.12. The molecule has 0 N–H and O–H groups in total. The molecule has 0 saturated carbocycles. The number of esters is 1. The fraction of sp³-hybridized carbons (Fsp3) is 0.636. The van der Waals surface area contributed by atoms with Gasteiger partial charge in [0.2, 0.25) is 0 Å². The van der Waals surface area contributed by atoms with Gasteiger partial charge in [0.1, 0.15) is 11.7 Å². The number of ether oxygens (including phenoxy) is 3. The third-order valence-corrected chi connectivity index (χ3v) is 5.68. The van der Waals surface area contributed by atoms with E-state index in [1.807, 2.05) is 39.8 Å². The van der Waals surface area contributed by atoms with Crippen molar-refractivity contribution >= 4 is 12.1 Å². The second-order valence-corrected chi connectivity index (χ2v) is 9.23. The molecule has 3 aliphatic rings. The van der Waals surface area contributed by atoms with Crippen LogP contribution in [0.3, 0.4) is 0 Å². The summed E-state index contributed by atoms with van der Waals surface area (Å²) in [7, 11) is 0. The third-order valence-electron chi connectivity index (χ3n) is 5.68. The predicted octanol–water partition coefficient (Wildman–Crippen LogP) is 2.78. The van der Waals surface area contributed by atoms with Crippen molar-refractivity contribution in [3.63, 3.8) is 0 Å². The number of benzene rings is 1. The molecular weight excluding hydrogens is 372 g/mol. The number of carbonyl (C=O) groups is 2. The molecule has 0 aromatic heterocycles. The predicted molar refractivity (Wildman–Crippen MR) is 107 cm³/mol. The van der Waals surface area contributed by atoms with Gasteiger partial charge in [-0.3, -0.25) is 4.90 Å². The first kappa shape index (κ1) is 20.2. The molecule has 29 heavy (non-hydrogen) atoms. The number of morpholine rings is 1. The number of fused-ring (bicyclic) bond motifs is 2. The standard InChI is InChI=1S/C22H30N2O5/c1-14-9-16-10-15(5-6-18(16)20(25)28-14)19-12-23-7-8-24(11-17(23)13-27-19)21(26)29-22(2,3)4/h5-6,10,14,17,19H,7-9,11-13H2,1-4H3/t14-,17-,19+/m0/s1. The highest BCUT2D eigenvalue weighted by atomic mass is 16.6. The SMILES string of the molecule is C[C@H]1Cc2cc([C@H]3CN4CCN(C(=O)OC(C)(C)C)C[C@H]4CO3)ccc2C(=O)O1. The fourth-order valence-corrected chi connectivity index (χ4v) is 4.26. The van der Waals surface area contributed by atoms with Gasteiger partial charge in [-0.15, -0.1) is 0 Å². The molecule has 7 heteroatoms. The Labute approximate surface area is 171 Å². The van der Waals surface area contributed by atoms with Crippen molar-refractivity contribution in [2.75, 3.05) is 32.8 Å². The highest BCUT2D eigenvalue weighted by Gasteiger charge is 2.37. The highest BCUT2D eigenvalue weighted by Crippen LogP contribution is 2.30. The van der Waals surface area contributed by atoms with E-state index in [-0.39, 0.29) is 30.3 Å². The minimum absolute atomic E-state index is 0.0297. The van der Waals surface area contributed by atoms with Crippen LogP contribution < -0.4 is 0 Å². The lowest BCUT2D eigenvalue weighted by atomic mass is 9.94. The van der Waals surface area contributed by atoms with Crippen LogP contribution in [0.4, 0.5) is 4.79 Å². The molecule has 0 unspecified atom stereocenters. The van der Waals surface area contributed by atoms with Crippen molar-refractivity contribution < 1.29 is 23.8 Å². The van der Waals surface area contributed by atoms with Crippen molar-refractivity contribution in [3.05, 3.63) is 34.9 Å². The average Bonchev–Trinajstić information content (AvgIpc) is 2.65. The van der Waals surface area contributed by atoms with Crippen LogP contribution >= 0.6 is 0 Å². The largest absolute Gasteiger partial charge is 0.459 e. The Morgan fingerprint density at radius 2 is 2.00 bits per heavy atom. The Morgan fingerprint density at radius 1 is 1.21 bits per heavy atom. The van der Waals surface area contributed by atoms with E-state index in [1.54, 1.807) is 4.90 Å². The summed E-state index contributed by atoms with van der Waals surface area (Å²) in [5, 5.41) is 0. The first-order chi connectivity index (χ1) is 13.7. The summed E-state index contributed by atoms with van der Waals surface area (Å²) in [6, 6.07) is 6.10. The van der Waals surface area contributed by atoms with Crippen LogP contribution in [-0.2, 0) is 20.6 Å². The molecule has 0 spiro atoms. The van der Waals surface area contributed by atoms with Crippen LogP contribution in [0.25, 0.3) is 0 Å². The number of amides is 1. The molecule has 1 aromatic carbocycles. The third kappa shape index (κ3) is 4.41. The molecule has 7 nitrogen and oxygen atoms in total. The van der Waals surface area contributed by atoms with Crippen LogP contribution in [-0.4, -0.2) is 72.4 Å². The Kier molecular flexibility index (Phi) is 5.29. The van der Waals surface area contributed by atoms with Crippen molar-refractivity contribution in [2.24, 2.45) is 0 Å². The monoisotopic (exact) mass is 402 g/mol. The van der Waals surface area contributed by atoms with Gasteiger partial charge in [-0.1, -0.05) is 12.1 Å². The summed E-state index contributed by atoms with van der Waals surface area (Å²) in [5.74, 6) is -0.242. The van der Waals surface area contributed by atoms with Crippen molar-refractivity contribution in [2.45, 2.75) is 58.0 Å². The normalized spacial score (nSPS) is 27.7. The zero-order valence-electron chi connectivity index (χ0n) is 17.6. The molecule has 2 fully saturated rings. The zero-order valence-corrected chi connectivity index (χ0v) is 17.6. The van der Waals surface area contributed by atoms with E-state index in [0.717, 1.165) is 30.6 Å². The summed E-state index contributed by atoms with van der Waals surface area (Å²) < 4.78 is 17.0. The Balaban J connectivity index is 1.40. The van der Waals surface area contributed by atoms with E-state index in [9.17, 15) is 9.59 Å². The van der Waals surface area contributed by atoms with Crippen molar-refractivity contribution in [3.8, 4) is 0 Å². The van der Waals surface area contributed by atoms with E-state index in [4.69, 9.17) is 14.2 Å². The maximum absolute atomic E-state index is 12.4. The smallest absolute Gasteiger partial charge is 0.410 e. The molecule has 0 bridgehead atoms. The Bertz CT molecular complexity index is 803. The van der Waals surface area contributed by atoms with Crippen LogP contribution in [0, 0.1) is 0 Å². The minimum Gasteiger partial charge on any atom is -0.459 e. The second-order valence-electron chi connectivity index (χ2n) is 9.23. The van der Waals surface area contributed by atoms with E-state index in [1.165, 1.54) is 0 Å². The molecular formula is C22H30N2O5. The molecule has 0 radical (unpaired) electrons. The van der Waals surface area contributed by atoms with Crippen LogP contribution in [0.15, 0.2) is 18.2 Å². The van der Waals surface area contributed by atoms with Crippen LogP contribution in [0.2, 0.25) is 0 Å². The molecule has 3 aliphatic heterocycles. The number of hydrogen-bond donors (Lipinski definition) is 0. The molecule has 1 amide bonds. The maximum Gasteiger partial charge on any atom is 0.410 e. The number of rotatable bonds is 1. The van der Waals surface area contributed by atoms with E-state index in [0.29, 0.717) is 25.3 Å². The number of piperazine rings is 1. The van der Waals surface area contributed by atoms with E-state index < -0.39 is 5.60 Å². The number of cyclic esters (lactones) is 1. The van der Waals surface area contributed by atoms with Crippen LogP contribution in [0.1, 0.15) is 55.3 Å². The van der Waals surface area contributed by atoms with Gasteiger partial charge in [0.05, 0.1) is 24.3 Å². The lowest BCUT2D eigenvalue weighted by Crippen LogP contribution is -2.60. The van der Waals surface area contributed by atoms with Crippen LogP contribution in [0.5, 0.6) is 0 Å². The zero-order chi connectivity index (χ0) is 20.8. The number of hydrogen-bond acceptors (Lipinski definition) is 6. The van der Waals surface area contributed by atoms with Gasteiger partial charge in [-0.05, 0) is 44.9 Å². The van der Waals surface area contributed by atoms with Crippen molar-refractivity contribution in [1.29, 1.82) is 0 Å². The van der Waals surface area contributed by atoms with E-state index >= 15 is 0 Å². The van der Waals surface area contributed by atoms with Gasteiger partial charge in [0, 0.05) is 32.6 Å². The lowest BCUT2D eigenvalue weighted by Gasteiger charge is -2.46. The molecule has 0 aliphatic carbocycles. The highest BCUT2D eigenvalue weighted by molar-refractivity contribution is 5.92. The van der Waals surface area contributed by atoms with Gasteiger partial charge in [0.25, 0.3) is 0 Å². The van der Waals surface area contributed by atoms with Gasteiger partial charge >= 0.3 is 12.1 Å². The summed E-state index contributed by atoms with van der Waals surface area (Å²) in [5.41, 5.74) is 2.30. The average molecular weight is 402 g/mol. The molecule has 2 saturated heterocycles. The maximum atomic E-state index is 12.4. The molecule has 158 valence electrons. The van der Waals surface area contributed by atoms with E-state index in [2.05, 4.69) is 11.0 Å². The first-order valence-corrected chi connectivity index (χ1v) is 10.4. The van der Waals surface area contributed by atoms with Gasteiger partial charge < -0.3 is 19.1 Å². The topological polar surface area (TPSA) is 68.3 Å². The summed E-state index contributed by atoms with van der Waals surface area (Å²) >= 11 is 0. The van der Waals surface area contributed by atoms with Gasteiger partial charge in [-0.2, -0.15) is 0 Å². The van der Waals surface area contributed by atoms with Gasteiger partial charge in [-0.25, -0.2) is 9.59 Å². The number of nitrogens with zero attached hydrogens (tertiary/aromatic N) is 2. The summed E-state index contributed by atoms with van der Waals surface area (Å²) in [6.07, 6.45) is 0.356. The van der Waals surface area contributed by atoms with Gasteiger partial charge in [0.15, 0.2) is 0 Å².